The van der Waals surface area contributed by atoms with Crippen LogP contribution >= 0.6 is 0 Å². The lowest BCUT2D eigenvalue weighted by molar-refractivity contribution is -0.131. The highest BCUT2D eigenvalue weighted by Crippen LogP contribution is 2.32. The van der Waals surface area contributed by atoms with Gasteiger partial charge in [0, 0.05) is 40.7 Å². The first kappa shape index (κ1) is 21.9. The maximum Gasteiger partial charge on any atom is 0.357 e. The summed E-state index contributed by atoms with van der Waals surface area (Å²) in [5, 5.41) is 32.3. The lowest BCUT2D eigenvalue weighted by Gasteiger charge is -2.25. The van der Waals surface area contributed by atoms with Crippen LogP contribution in [0.15, 0.2) is 85.5 Å². The zero-order valence-electron chi connectivity index (χ0n) is 18.1. The van der Waals surface area contributed by atoms with Gasteiger partial charge < -0.3 is 20.5 Å². The number of carbonyl (C=O) groups excluding carboxylic acids is 1. The third-order valence-electron chi connectivity index (χ3n) is 5.52. The fourth-order valence-corrected chi connectivity index (χ4v) is 3.88. The monoisotopic (exact) mass is 466 g/mol. The van der Waals surface area contributed by atoms with Gasteiger partial charge in [-0.1, -0.05) is 48.5 Å². The van der Waals surface area contributed by atoms with Crippen molar-refractivity contribution in [2.75, 3.05) is 5.32 Å². The lowest BCUT2D eigenvalue weighted by Crippen LogP contribution is -2.42. The predicted octanol–water partition coefficient (Wildman–Crippen LogP) is 2.99. The molecule has 0 spiro atoms. The van der Waals surface area contributed by atoms with E-state index in [0.29, 0.717) is 27.6 Å². The number of pyridine rings is 1. The molecule has 1 amide bonds. The van der Waals surface area contributed by atoms with E-state index in [4.69, 9.17) is 0 Å². The number of carboxylic acid groups (broad SMARTS) is 1. The quantitative estimate of drug-likeness (QED) is 0.298. The Bertz CT molecular complexity index is 1540. The Balaban J connectivity index is 1.57. The Morgan fingerprint density at radius 1 is 0.971 bits per heavy atom. The van der Waals surface area contributed by atoms with Gasteiger partial charge in [0.25, 0.3) is 5.91 Å². The van der Waals surface area contributed by atoms with Gasteiger partial charge in [0.15, 0.2) is 11.5 Å². The number of aromatic carboxylic acids is 1. The number of anilines is 1. The lowest BCUT2D eigenvalue weighted by atomic mass is 9.91. The molecular weight excluding hydrogens is 448 g/mol. The van der Waals surface area contributed by atoms with Crippen molar-refractivity contribution in [3.63, 3.8) is 0 Å². The normalized spacial score (nSPS) is 12.7. The van der Waals surface area contributed by atoms with Crippen molar-refractivity contribution in [2.24, 2.45) is 0 Å². The fourth-order valence-electron chi connectivity index (χ4n) is 3.88. The molecule has 5 aromatic rings. The number of rotatable bonds is 6. The SMILES string of the molecule is O=C(O)c1nnc2ccccc2c1-c1cncc(NC(=O)C(O)(c2ccccc2)c2ncc[nH]2)c1. The number of benzene rings is 2. The molecular formula is C25H18N6O4. The number of nitrogens with one attached hydrogen (secondary N) is 2. The summed E-state index contributed by atoms with van der Waals surface area (Å²) in [6, 6.07) is 17.0. The second kappa shape index (κ2) is 8.76. The molecule has 0 bridgehead atoms. The molecule has 10 nitrogen and oxygen atoms in total. The number of fused-ring (bicyclic) bond motifs is 1. The Morgan fingerprint density at radius 2 is 1.74 bits per heavy atom. The summed E-state index contributed by atoms with van der Waals surface area (Å²) in [5.74, 6) is -1.97. The van der Waals surface area contributed by atoms with Gasteiger partial charge in [0.2, 0.25) is 5.60 Å². The molecule has 2 aromatic carbocycles. The Hall–Kier alpha value is -4.96. The molecule has 0 saturated carbocycles. The fraction of sp³-hybridized carbons (Fsp3) is 0.0400. The third-order valence-corrected chi connectivity index (χ3v) is 5.52. The molecule has 0 aliphatic rings. The average Bonchev–Trinajstić information content (AvgIpc) is 3.43. The maximum absolute atomic E-state index is 13.4. The van der Waals surface area contributed by atoms with Crippen molar-refractivity contribution >= 4 is 28.5 Å². The van der Waals surface area contributed by atoms with Crippen LogP contribution in [0.4, 0.5) is 5.69 Å². The number of aromatic amines is 1. The second-order valence-corrected chi connectivity index (χ2v) is 7.68. The summed E-state index contributed by atoms with van der Waals surface area (Å²) < 4.78 is 0. The number of aliphatic hydroxyl groups is 1. The van der Waals surface area contributed by atoms with Crippen LogP contribution in [0.1, 0.15) is 21.9 Å². The number of carboxylic acids is 1. The van der Waals surface area contributed by atoms with E-state index in [9.17, 15) is 19.8 Å². The van der Waals surface area contributed by atoms with Crippen molar-refractivity contribution in [3.8, 4) is 11.1 Å². The number of carbonyl (C=O) groups is 2. The van der Waals surface area contributed by atoms with Crippen LogP contribution in [0.2, 0.25) is 0 Å². The smallest absolute Gasteiger partial charge is 0.357 e. The van der Waals surface area contributed by atoms with E-state index in [2.05, 4.69) is 30.5 Å². The van der Waals surface area contributed by atoms with Crippen LogP contribution in [0.3, 0.4) is 0 Å². The molecule has 5 rings (SSSR count). The molecule has 1 unspecified atom stereocenters. The van der Waals surface area contributed by atoms with Crippen molar-refractivity contribution < 1.29 is 19.8 Å². The van der Waals surface area contributed by atoms with E-state index in [0.717, 1.165) is 0 Å². The van der Waals surface area contributed by atoms with Crippen LogP contribution in [-0.4, -0.2) is 47.2 Å². The first-order chi connectivity index (χ1) is 17.0. The molecule has 3 heterocycles. The van der Waals surface area contributed by atoms with Gasteiger partial charge in [0.05, 0.1) is 17.4 Å². The summed E-state index contributed by atoms with van der Waals surface area (Å²) in [7, 11) is 0. The van der Waals surface area contributed by atoms with Crippen LogP contribution in [-0.2, 0) is 10.4 Å². The van der Waals surface area contributed by atoms with Crippen molar-refractivity contribution in [1.29, 1.82) is 0 Å². The minimum Gasteiger partial charge on any atom is -0.476 e. The van der Waals surface area contributed by atoms with Crippen molar-refractivity contribution in [3.05, 3.63) is 103 Å². The minimum atomic E-state index is -2.11. The zero-order valence-corrected chi connectivity index (χ0v) is 18.1. The zero-order chi connectivity index (χ0) is 24.4. The number of amides is 1. The number of H-pyrrole nitrogens is 1. The summed E-state index contributed by atoms with van der Waals surface area (Å²) >= 11 is 0. The van der Waals surface area contributed by atoms with Crippen LogP contribution < -0.4 is 5.32 Å². The van der Waals surface area contributed by atoms with Gasteiger partial charge in [-0.15, -0.1) is 10.2 Å². The Kier molecular flexibility index (Phi) is 5.47. The molecule has 0 saturated heterocycles. The standard InChI is InChI=1S/C25H18N6O4/c32-22(33)21-20(18-8-4-5-9-19(18)30-31-21)15-12-17(14-26-13-15)29-24(34)25(35,23-27-10-11-28-23)16-6-2-1-3-7-16/h1-14,35H,(H,27,28)(H,29,34)(H,32,33). The average molecular weight is 466 g/mol. The largest absolute Gasteiger partial charge is 0.476 e. The number of nitrogens with zero attached hydrogens (tertiary/aromatic N) is 4. The number of hydrogen-bond acceptors (Lipinski definition) is 7. The van der Waals surface area contributed by atoms with Crippen molar-refractivity contribution in [1.82, 2.24) is 25.1 Å². The van der Waals surface area contributed by atoms with Crippen LogP contribution in [0.5, 0.6) is 0 Å². The molecule has 0 radical (unpaired) electrons. The van der Waals surface area contributed by atoms with E-state index in [1.54, 1.807) is 60.7 Å². The van der Waals surface area contributed by atoms with Gasteiger partial charge in [-0.25, -0.2) is 9.78 Å². The molecule has 0 aliphatic carbocycles. The molecule has 0 aliphatic heterocycles. The molecule has 172 valence electrons. The Morgan fingerprint density at radius 3 is 2.49 bits per heavy atom. The first-order valence-electron chi connectivity index (χ1n) is 10.5. The van der Waals surface area contributed by atoms with Gasteiger partial charge in [-0.3, -0.25) is 9.78 Å². The maximum atomic E-state index is 13.4. The highest BCUT2D eigenvalue weighted by atomic mass is 16.4. The van der Waals surface area contributed by atoms with Gasteiger partial charge in [-0.05, 0) is 12.1 Å². The Labute approximate surface area is 198 Å². The number of hydrogen-bond donors (Lipinski definition) is 4. The molecule has 3 aromatic heterocycles. The first-order valence-corrected chi connectivity index (χ1v) is 10.5. The minimum absolute atomic E-state index is 0.0443. The summed E-state index contributed by atoms with van der Waals surface area (Å²) in [6.07, 6.45) is 5.81. The highest BCUT2D eigenvalue weighted by Gasteiger charge is 2.42. The summed E-state index contributed by atoms with van der Waals surface area (Å²) in [6.45, 7) is 0. The van der Waals surface area contributed by atoms with Crippen molar-refractivity contribution in [2.45, 2.75) is 5.60 Å². The van der Waals surface area contributed by atoms with Gasteiger partial charge in [0.1, 0.15) is 0 Å². The number of imidazole rings is 1. The van der Waals surface area contributed by atoms with E-state index in [1.807, 2.05) is 0 Å². The molecule has 10 heteroatoms. The third kappa shape index (κ3) is 3.87. The number of aromatic nitrogens is 5. The summed E-state index contributed by atoms with van der Waals surface area (Å²) in [4.78, 5) is 36.4. The topological polar surface area (TPSA) is 154 Å². The van der Waals surface area contributed by atoms with E-state index >= 15 is 0 Å². The summed E-state index contributed by atoms with van der Waals surface area (Å²) in [5.41, 5.74) is -0.565. The van der Waals surface area contributed by atoms with Crippen LogP contribution in [0, 0.1) is 0 Å². The van der Waals surface area contributed by atoms with Gasteiger partial charge >= 0.3 is 5.97 Å². The molecule has 35 heavy (non-hydrogen) atoms. The molecule has 4 N–H and O–H groups in total. The van der Waals surface area contributed by atoms with E-state index < -0.39 is 17.5 Å². The molecule has 0 fully saturated rings. The predicted molar refractivity (Wildman–Crippen MR) is 126 cm³/mol. The highest BCUT2D eigenvalue weighted by molar-refractivity contribution is 6.05. The van der Waals surface area contributed by atoms with Crippen LogP contribution in [0.25, 0.3) is 22.0 Å². The molecule has 1 atom stereocenters. The van der Waals surface area contributed by atoms with E-state index in [-0.39, 0.29) is 17.2 Å². The van der Waals surface area contributed by atoms with Gasteiger partial charge in [-0.2, -0.15) is 0 Å². The second-order valence-electron chi connectivity index (χ2n) is 7.68. The van der Waals surface area contributed by atoms with E-state index in [1.165, 1.54) is 24.8 Å².